The number of aromatic nitrogens is 1. The molecule has 0 fully saturated rings. The number of amides is 1. The number of fused-ring (bicyclic) bond motifs is 1. The molecular formula is C24H20N2O2. The van der Waals surface area contributed by atoms with E-state index in [0.717, 1.165) is 22.9 Å². The van der Waals surface area contributed by atoms with Gasteiger partial charge in [-0.25, -0.2) is 0 Å². The molecule has 28 heavy (non-hydrogen) atoms. The number of benzene rings is 3. The Bertz CT molecular complexity index is 1240. The van der Waals surface area contributed by atoms with Gasteiger partial charge in [0.25, 0.3) is 11.5 Å². The smallest absolute Gasteiger partial charge is 0.261 e. The minimum absolute atomic E-state index is 0.00765. The Morgan fingerprint density at radius 1 is 0.964 bits per heavy atom. The predicted octanol–water partition coefficient (Wildman–Crippen LogP) is 4.19. The van der Waals surface area contributed by atoms with Gasteiger partial charge in [-0.3, -0.25) is 9.59 Å². The number of rotatable bonds is 4. The zero-order valence-electron chi connectivity index (χ0n) is 15.5. The van der Waals surface area contributed by atoms with Gasteiger partial charge >= 0.3 is 0 Å². The van der Waals surface area contributed by atoms with Crippen LogP contribution in [0.5, 0.6) is 0 Å². The minimum atomic E-state index is -0.730. The Kier molecular flexibility index (Phi) is 4.53. The fourth-order valence-corrected chi connectivity index (χ4v) is 3.62. The molecule has 3 N–H and O–H groups in total. The fourth-order valence-electron chi connectivity index (χ4n) is 3.62. The van der Waals surface area contributed by atoms with Crippen LogP contribution in [0.25, 0.3) is 22.0 Å². The number of carbonyl (C=O) groups is 1. The number of primary amides is 1. The quantitative estimate of drug-likeness (QED) is 0.567. The van der Waals surface area contributed by atoms with E-state index < -0.39 is 11.5 Å². The highest BCUT2D eigenvalue weighted by Crippen LogP contribution is 2.30. The highest BCUT2D eigenvalue weighted by atomic mass is 16.2. The summed E-state index contributed by atoms with van der Waals surface area (Å²) in [5.41, 5.74) is 10.7. The molecule has 0 radical (unpaired) electrons. The van der Waals surface area contributed by atoms with Crippen molar-refractivity contribution in [3.63, 3.8) is 0 Å². The van der Waals surface area contributed by atoms with Crippen LogP contribution in [0.4, 0.5) is 0 Å². The van der Waals surface area contributed by atoms with Crippen LogP contribution in [0.2, 0.25) is 0 Å². The maximum absolute atomic E-state index is 12.5. The van der Waals surface area contributed by atoms with Crippen molar-refractivity contribution in [3.8, 4) is 11.1 Å². The van der Waals surface area contributed by atoms with Crippen LogP contribution in [0.15, 0.2) is 77.6 Å². The maximum Gasteiger partial charge on any atom is 0.261 e. The summed E-state index contributed by atoms with van der Waals surface area (Å²) in [4.78, 5) is 27.4. The number of pyridine rings is 1. The van der Waals surface area contributed by atoms with Crippen LogP contribution in [0.3, 0.4) is 0 Å². The summed E-state index contributed by atoms with van der Waals surface area (Å²) in [7, 11) is 0. The summed E-state index contributed by atoms with van der Waals surface area (Å²) in [5, 5.41) is 0.811. The normalized spacial score (nSPS) is 10.9. The monoisotopic (exact) mass is 368 g/mol. The topological polar surface area (TPSA) is 75.9 Å². The first-order valence-electron chi connectivity index (χ1n) is 9.13. The summed E-state index contributed by atoms with van der Waals surface area (Å²) < 4.78 is 0. The van der Waals surface area contributed by atoms with Gasteiger partial charge in [0.15, 0.2) is 0 Å². The van der Waals surface area contributed by atoms with Gasteiger partial charge in [0, 0.05) is 16.5 Å². The zero-order valence-corrected chi connectivity index (χ0v) is 15.5. The van der Waals surface area contributed by atoms with Gasteiger partial charge in [0.2, 0.25) is 0 Å². The van der Waals surface area contributed by atoms with E-state index >= 15 is 0 Å². The Labute approximate surface area is 162 Å². The van der Waals surface area contributed by atoms with Gasteiger partial charge in [-0.15, -0.1) is 0 Å². The molecular weight excluding hydrogens is 348 g/mol. The van der Waals surface area contributed by atoms with Crippen molar-refractivity contribution in [1.29, 1.82) is 0 Å². The Morgan fingerprint density at radius 3 is 2.39 bits per heavy atom. The van der Waals surface area contributed by atoms with E-state index in [-0.39, 0.29) is 5.56 Å². The van der Waals surface area contributed by atoms with E-state index in [1.54, 1.807) is 0 Å². The van der Waals surface area contributed by atoms with E-state index in [4.69, 9.17) is 5.73 Å². The van der Waals surface area contributed by atoms with Gasteiger partial charge in [0.1, 0.15) is 5.56 Å². The molecule has 4 rings (SSSR count). The van der Waals surface area contributed by atoms with Crippen LogP contribution in [0, 0.1) is 6.92 Å². The standard InChI is InChI=1S/C24H20N2O2/c1-15-7-5-6-10-18(15)13-16-11-12-20-19(14-16)21(17-8-3-2-4-9-17)22(23(25)27)24(28)26-20/h2-12,14H,13H2,1H3,(H2,25,27)(H,26,28). The second-order valence-corrected chi connectivity index (χ2v) is 6.92. The number of hydrogen-bond donors (Lipinski definition) is 2. The van der Waals surface area contributed by atoms with Gasteiger partial charge in [0.05, 0.1) is 0 Å². The van der Waals surface area contributed by atoms with E-state index in [2.05, 4.69) is 24.0 Å². The van der Waals surface area contributed by atoms with Crippen LogP contribution >= 0.6 is 0 Å². The number of carbonyl (C=O) groups excluding carboxylic acids is 1. The SMILES string of the molecule is Cc1ccccc1Cc1ccc2[nH]c(=O)c(C(N)=O)c(-c3ccccc3)c2c1. The van der Waals surface area contributed by atoms with Crippen molar-refractivity contribution in [2.24, 2.45) is 5.73 Å². The summed E-state index contributed by atoms with van der Waals surface area (Å²) in [5.74, 6) is -0.730. The molecule has 3 aromatic carbocycles. The first-order valence-corrected chi connectivity index (χ1v) is 9.13. The lowest BCUT2D eigenvalue weighted by Crippen LogP contribution is -2.25. The van der Waals surface area contributed by atoms with Crippen molar-refractivity contribution in [3.05, 3.63) is 105 Å². The number of aromatic amines is 1. The maximum atomic E-state index is 12.5. The van der Waals surface area contributed by atoms with E-state index in [0.29, 0.717) is 11.1 Å². The summed E-state index contributed by atoms with van der Waals surface area (Å²) in [6.45, 7) is 2.09. The number of H-pyrrole nitrogens is 1. The molecule has 1 amide bonds. The number of aryl methyl sites for hydroxylation is 1. The highest BCUT2D eigenvalue weighted by Gasteiger charge is 2.19. The lowest BCUT2D eigenvalue weighted by molar-refractivity contribution is 0.0999. The molecule has 0 spiro atoms. The van der Waals surface area contributed by atoms with E-state index in [1.807, 2.05) is 60.7 Å². The summed E-state index contributed by atoms with van der Waals surface area (Å²) >= 11 is 0. The molecule has 0 aliphatic heterocycles. The van der Waals surface area contributed by atoms with Crippen LogP contribution < -0.4 is 11.3 Å². The molecule has 0 aliphatic rings. The van der Waals surface area contributed by atoms with E-state index in [1.165, 1.54) is 11.1 Å². The first kappa shape index (κ1) is 17.7. The molecule has 4 aromatic rings. The Hall–Kier alpha value is -3.66. The van der Waals surface area contributed by atoms with Gasteiger partial charge in [-0.1, -0.05) is 60.7 Å². The van der Waals surface area contributed by atoms with Crippen molar-refractivity contribution in [2.45, 2.75) is 13.3 Å². The molecule has 0 bridgehead atoms. The molecule has 1 heterocycles. The van der Waals surface area contributed by atoms with Crippen LogP contribution in [-0.2, 0) is 6.42 Å². The number of hydrogen-bond acceptors (Lipinski definition) is 2. The number of nitrogens with two attached hydrogens (primary N) is 1. The van der Waals surface area contributed by atoms with Gasteiger partial charge in [-0.05, 0) is 47.7 Å². The summed E-state index contributed by atoms with van der Waals surface area (Å²) in [6.07, 6.45) is 0.766. The van der Waals surface area contributed by atoms with Crippen molar-refractivity contribution < 1.29 is 4.79 Å². The van der Waals surface area contributed by atoms with Crippen molar-refractivity contribution >= 4 is 16.8 Å². The van der Waals surface area contributed by atoms with Crippen LogP contribution in [0.1, 0.15) is 27.0 Å². The molecule has 4 heteroatoms. The molecule has 0 unspecified atom stereocenters. The minimum Gasteiger partial charge on any atom is -0.365 e. The average Bonchev–Trinajstić information content (AvgIpc) is 2.69. The Morgan fingerprint density at radius 2 is 1.68 bits per heavy atom. The lowest BCUT2D eigenvalue weighted by atomic mass is 9.93. The fraction of sp³-hybridized carbons (Fsp3) is 0.0833. The largest absolute Gasteiger partial charge is 0.365 e. The molecule has 0 aliphatic carbocycles. The first-order chi connectivity index (χ1) is 13.5. The lowest BCUT2D eigenvalue weighted by Gasteiger charge is -2.13. The summed E-state index contributed by atoms with van der Waals surface area (Å²) in [6, 6.07) is 23.6. The number of nitrogens with one attached hydrogen (secondary N) is 1. The molecule has 4 nitrogen and oxygen atoms in total. The molecule has 138 valence electrons. The van der Waals surface area contributed by atoms with E-state index in [9.17, 15) is 9.59 Å². The second-order valence-electron chi connectivity index (χ2n) is 6.92. The van der Waals surface area contributed by atoms with Gasteiger partial charge < -0.3 is 10.7 Å². The molecule has 1 aromatic heterocycles. The third-order valence-corrected chi connectivity index (χ3v) is 5.04. The van der Waals surface area contributed by atoms with Crippen molar-refractivity contribution in [2.75, 3.05) is 0 Å². The third kappa shape index (κ3) is 3.21. The highest BCUT2D eigenvalue weighted by molar-refractivity contribution is 6.08. The van der Waals surface area contributed by atoms with Gasteiger partial charge in [-0.2, -0.15) is 0 Å². The molecule has 0 saturated carbocycles. The Balaban J connectivity index is 1.97. The third-order valence-electron chi connectivity index (χ3n) is 5.04. The van der Waals surface area contributed by atoms with Crippen LogP contribution in [-0.4, -0.2) is 10.9 Å². The predicted molar refractivity (Wildman–Crippen MR) is 113 cm³/mol. The molecule has 0 atom stereocenters. The second kappa shape index (κ2) is 7.16. The average molecular weight is 368 g/mol. The zero-order chi connectivity index (χ0) is 19.7. The van der Waals surface area contributed by atoms with Crippen molar-refractivity contribution in [1.82, 2.24) is 4.98 Å². The molecule has 0 saturated heterocycles.